The molecule has 6 heteroatoms. The highest BCUT2D eigenvalue weighted by molar-refractivity contribution is 7.10. The van der Waals surface area contributed by atoms with Crippen molar-refractivity contribution in [1.29, 1.82) is 0 Å². The molecule has 2 heterocycles. The lowest BCUT2D eigenvalue weighted by molar-refractivity contribution is -0.120. The largest absolute Gasteiger partial charge is 0.354 e. The molecule has 3 rings (SSSR count). The van der Waals surface area contributed by atoms with Crippen molar-refractivity contribution in [3.63, 3.8) is 0 Å². The summed E-state index contributed by atoms with van der Waals surface area (Å²) in [6.45, 7) is 0.806. The zero-order valence-electron chi connectivity index (χ0n) is 12.5. The highest BCUT2D eigenvalue weighted by Gasteiger charge is 2.09. The van der Waals surface area contributed by atoms with Gasteiger partial charge < -0.3 is 15.6 Å². The van der Waals surface area contributed by atoms with Crippen molar-refractivity contribution in [2.75, 3.05) is 13.1 Å². The number of para-hydroxylation sites is 1. The smallest absolute Gasteiger partial charge is 0.267 e. The van der Waals surface area contributed by atoms with Crippen LogP contribution in [-0.4, -0.2) is 29.9 Å². The quantitative estimate of drug-likeness (QED) is 0.608. The molecule has 5 nitrogen and oxygen atoms in total. The fraction of sp³-hybridized carbons (Fsp3) is 0.176. The molecular formula is C17H17N3O2S. The van der Waals surface area contributed by atoms with Crippen molar-refractivity contribution in [3.8, 4) is 0 Å². The molecule has 0 saturated heterocycles. The maximum absolute atomic E-state index is 12.1. The SMILES string of the molecule is O=C(Cc1cccs1)NCCNC(=O)c1cc2ccccc2[nH]1. The molecule has 0 aliphatic heterocycles. The van der Waals surface area contributed by atoms with Gasteiger partial charge in [-0.05, 0) is 23.6 Å². The molecule has 118 valence electrons. The zero-order valence-corrected chi connectivity index (χ0v) is 13.3. The van der Waals surface area contributed by atoms with Crippen molar-refractivity contribution in [1.82, 2.24) is 15.6 Å². The van der Waals surface area contributed by atoms with E-state index in [1.807, 2.05) is 47.8 Å². The van der Waals surface area contributed by atoms with Crippen LogP contribution in [-0.2, 0) is 11.2 Å². The number of thiophene rings is 1. The fourth-order valence-electron chi connectivity index (χ4n) is 2.30. The molecule has 23 heavy (non-hydrogen) atoms. The van der Waals surface area contributed by atoms with Gasteiger partial charge >= 0.3 is 0 Å². The summed E-state index contributed by atoms with van der Waals surface area (Å²) in [7, 11) is 0. The van der Waals surface area contributed by atoms with E-state index in [2.05, 4.69) is 15.6 Å². The van der Waals surface area contributed by atoms with Gasteiger partial charge in [0.25, 0.3) is 5.91 Å². The number of hydrogen-bond donors (Lipinski definition) is 3. The number of amides is 2. The molecule has 2 amide bonds. The molecule has 3 N–H and O–H groups in total. The van der Waals surface area contributed by atoms with Gasteiger partial charge in [0.05, 0.1) is 6.42 Å². The topological polar surface area (TPSA) is 74.0 Å². The van der Waals surface area contributed by atoms with Crippen molar-refractivity contribution in [3.05, 3.63) is 58.4 Å². The molecule has 3 aromatic rings. The number of rotatable bonds is 6. The van der Waals surface area contributed by atoms with E-state index in [9.17, 15) is 9.59 Å². The molecule has 0 aliphatic carbocycles. The maximum atomic E-state index is 12.1. The second kappa shape index (κ2) is 7.11. The van der Waals surface area contributed by atoms with Gasteiger partial charge in [0.1, 0.15) is 5.69 Å². The van der Waals surface area contributed by atoms with Crippen LogP contribution in [0, 0.1) is 0 Å². The first-order valence-corrected chi connectivity index (χ1v) is 8.25. The van der Waals surface area contributed by atoms with Gasteiger partial charge in [0.2, 0.25) is 5.91 Å². The van der Waals surface area contributed by atoms with Crippen molar-refractivity contribution in [2.45, 2.75) is 6.42 Å². The number of nitrogens with one attached hydrogen (secondary N) is 3. The van der Waals surface area contributed by atoms with E-state index in [1.54, 1.807) is 11.3 Å². The molecule has 1 aromatic carbocycles. The van der Waals surface area contributed by atoms with Crippen LogP contribution < -0.4 is 10.6 Å². The predicted octanol–water partition coefficient (Wildman–Crippen LogP) is 2.32. The van der Waals surface area contributed by atoms with E-state index in [0.29, 0.717) is 25.2 Å². The van der Waals surface area contributed by atoms with Gasteiger partial charge in [-0.3, -0.25) is 9.59 Å². The Hall–Kier alpha value is -2.60. The Labute approximate surface area is 137 Å². The average molecular weight is 327 g/mol. The van der Waals surface area contributed by atoms with Gasteiger partial charge in [0, 0.05) is 28.9 Å². The summed E-state index contributed by atoms with van der Waals surface area (Å²) in [6, 6.07) is 13.4. The number of H-pyrrole nitrogens is 1. The molecule has 0 fully saturated rings. The number of aromatic nitrogens is 1. The highest BCUT2D eigenvalue weighted by Crippen LogP contribution is 2.14. The molecule has 0 spiro atoms. The second-order valence-corrected chi connectivity index (χ2v) is 6.16. The van der Waals surface area contributed by atoms with E-state index in [4.69, 9.17) is 0 Å². The Bertz CT molecular complexity index is 775. The number of carbonyl (C=O) groups excluding carboxylic acids is 2. The van der Waals surface area contributed by atoms with Crippen LogP contribution in [0.4, 0.5) is 0 Å². The van der Waals surface area contributed by atoms with Crippen molar-refractivity contribution in [2.24, 2.45) is 0 Å². The van der Waals surface area contributed by atoms with E-state index in [1.165, 1.54) is 0 Å². The molecule has 0 radical (unpaired) electrons. The summed E-state index contributed by atoms with van der Waals surface area (Å²) >= 11 is 1.56. The van der Waals surface area contributed by atoms with Crippen LogP contribution in [0.5, 0.6) is 0 Å². The Morgan fingerprint density at radius 2 is 1.87 bits per heavy atom. The molecule has 0 bridgehead atoms. The molecule has 0 aliphatic rings. The lowest BCUT2D eigenvalue weighted by Gasteiger charge is -2.05. The molecule has 0 saturated carbocycles. The van der Waals surface area contributed by atoms with E-state index >= 15 is 0 Å². The highest BCUT2D eigenvalue weighted by atomic mass is 32.1. The Morgan fingerprint density at radius 3 is 2.65 bits per heavy atom. The number of carbonyl (C=O) groups is 2. The number of benzene rings is 1. The van der Waals surface area contributed by atoms with Crippen LogP contribution in [0.25, 0.3) is 10.9 Å². The lowest BCUT2D eigenvalue weighted by atomic mass is 10.2. The Morgan fingerprint density at radius 1 is 1.04 bits per heavy atom. The summed E-state index contributed by atoms with van der Waals surface area (Å²) in [5, 5.41) is 8.54. The standard InChI is InChI=1S/C17H17N3O2S/c21-16(11-13-5-3-9-23-13)18-7-8-19-17(22)15-10-12-4-1-2-6-14(12)20-15/h1-6,9-10,20H,7-8,11H2,(H,18,21)(H,19,22). The molecule has 0 unspecified atom stereocenters. The summed E-state index contributed by atoms with van der Waals surface area (Å²) < 4.78 is 0. The second-order valence-electron chi connectivity index (χ2n) is 5.13. The van der Waals surface area contributed by atoms with Gasteiger partial charge in [-0.15, -0.1) is 11.3 Å². The minimum atomic E-state index is -0.172. The molecule has 2 aromatic heterocycles. The van der Waals surface area contributed by atoms with Crippen LogP contribution in [0.3, 0.4) is 0 Å². The van der Waals surface area contributed by atoms with Crippen molar-refractivity contribution < 1.29 is 9.59 Å². The minimum Gasteiger partial charge on any atom is -0.354 e. The third-order valence-corrected chi connectivity index (χ3v) is 4.30. The fourth-order valence-corrected chi connectivity index (χ4v) is 3.01. The van der Waals surface area contributed by atoms with Crippen LogP contribution in [0.15, 0.2) is 47.8 Å². The number of aromatic amines is 1. The van der Waals surface area contributed by atoms with Gasteiger partial charge in [-0.25, -0.2) is 0 Å². The third kappa shape index (κ3) is 3.98. The zero-order chi connectivity index (χ0) is 16.1. The monoisotopic (exact) mass is 327 g/mol. The summed E-state index contributed by atoms with van der Waals surface area (Å²) in [5.74, 6) is -0.207. The summed E-state index contributed by atoms with van der Waals surface area (Å²) in [5.41, 5.74) is 1.46. The lowest BCUT2D eigenvalue weighted by Crippen LogP contribution is -2.35. The number of fused-ring (bicyclic) bond motifs is 1. The van der Waals surface area contributed by atoms with Crippen LogP contribution >= 0.6 is 11.3 Å². The first-order chi connectivity index (χ1) is 11.2. The summed E-state index contributed by atoms with van der Waals surface area (Å²) in [6.07, 6.45) is 0.383. The Balaban J connectivity index is 1.43. The van der Waals surface area contributed by atoms with Gasteiger partial charge in [-0.1, -0.05) is 24.3 Å². The van der Waals surface area contributed by atoms with E-state index < -0.39 is 0 Å². The first-order valence-electron chi connectivity index (χ1n) is 7.37. The van der Waals surface area contributed by atoms with Crippen molar-refractivity contribution >= 4 is 34.1 Å². The van der Waals surface area contributed by atoms with Gasteiger partial charge in [0.15, 0.2) is 0 Å². The van der Waals surface area contributed by atoms with Crippen LogP contribution in [0.1, 0.15) is 15.4 Å². The normalized spacial score (nSPS) is 10.6. The van der Waals surface area contributed by atoms with E-state index in [0.717, 1.165) is 15.8 Å². The third-order valence-electron chi connectivity index (χ3n) is 3.42. The Kier molecular flexibility index (Phi) is 4.73. The van der Waals surface area contributed by atoms with Crippen LogP contribution in [0.2, 0.25) is 0 Å². The number of hydrogen-bond acceptors (Lipinski definition) is 3. The summed E-state index contributed by atoms with van der Waals surface area (Å²) in [4.78, 5) is 27.9. The molecular weight excluding hydrogens is 310 g/mol. The minimum absolute atomic E-state index is 0.0349. The average Bonchev–Trinajstić information content (AvgIpc) is 3.20. The van der Waals surface area contributed by atoms with Gasteiger partial charge in [-0.2, -0.15) is 0 Å². The molecule has 0 atom stereocenters. The van der Waals surface area contributed by atoms with E-state index in [-0.39, 0.29) is 11.8 Å². The predicted molar refractivity (Wildman–Crippen MR) is 91.7 cm³/mol. The maximum Gasteiger partial charge on any atom is 0.267 e. The first kappa shape index (κ1) is 15.3.